The second-order valence-electron chi connectivity index (χ2n) is 2.17. The summed E-state index contributed by atoms with van der Waals surface area (Å²) in [5.74, 6) is 0. The quantitative estimate of drug-likeness (QED) is 0.489. The number of benzene rings is 1. The molecule has 0 saturated carbocycles. The predicted octanol–water partition coefficient (Wildman–Crippen LogP) is 2.24. The molecule has 0 atom stereocenters. The summed E-state index contributed by atoms with van der Waals surface area (Å²) in [6, 6.07) is 2.14. The molecule has 1 aromatic rings. The fraction of sp³-hybridized carbons (Fsp3) is 0. The van der Waals surface area contributed by atoms with E-state index >= 15 is 0 Å². The molecule has 1 rings (SSSR count). The van der Waals surface area contributed by atoms with Gasteiger partial charge in [-0.2, -0.15) is 8.42 Å². The Kier molecular flexibility index (Phi) is 5.75. The summed E-state index contributed by atoms with van der Waals surface area (Å²) in [4.78, 5) is -0.455. The minimum atomic E-state index is -4.35. The first-order valence-corrected chi connectivity index (χ1v) is 5.52. The van der Waals surface area contributed by atoms with Gasteiger partial charge in [-0.15, -0.1) is 0 Å². The molecule has 14 heavy (non-hydrogen) atoms. The normalized spacial score (nSPS) is 10.9. The van der Waals surface area contributed by atoms with Crippen LogP contribution in [0.5, 0.6) is 0 Å². The van der Waals surface area contributed by atoms with E-state index in [9.17, 15) is 8.42 Å². The van der Waals surface area contributed by atoms with Gasteiger partial charge in [-0.25, -0.2) is 0 Å². The van der Waals surface area contributed by atoms with E-state index in [-0.39, 0.29) is 44.6 Å². The fourth-order valence-corrected chi connectivity index (χ4v) is 2.18. The van der Waals surface area contributed by atoms with Gasteiger partial charge in [0.15, 0.2) is 0 Å². The molecule has 0 bridgehead atoms. The minimum absolute atomic E-state index is 0. The van der Waals surface area contributed by atoms with Crippen molar-refractivity contribution in [2.45, 2.75) is 4.90 Å². The first-order valence-electron chi connectivity index (χ1n) is 2.94. The Morgan fingerprint density at radius 2 is 1.43 bits per heavy atom. The summed E-state index contributed by atoms with van der Waals surface area (Å²) in [5, 5.41) is -0.0327. The topological polar surface area (TPSA) is 54.4 Å². The van der Waals surface area contributed by atoms with Crippen molar-refractivity contribution in [2.75, 3.05) is 0 Å². The van der Waals surface area contributed by atoms with Gasteiger partial charge >= 0.3 is 29.6 Å². The zero-order chi connectivity index (χ0) is 10.2. The molecular weight excluding hydrogens is 281 g/mol. The second kappa shape index (κ2) is 5.37. The van der Waals surface area contributed by atoms with Gasteiger partial charge in [0.25, 0.3) is 10.1 Å². The number of hydrogen-bond donors (Lipinski definition) is 1. The summed E-state index contributed by atoms with van der Waals surface area (Å²) < 4.78 is 30.0. The molecule has 1 aromatic carbocycles. The van der Waals surface area contributed by atoms with Crippen LogP contribution >= 0.6 is 34.8 Å². The molecule has 8 heteroatoms. The van der Waals surface area contributed by atoms with E-state index < -0.39 is 15.0 Å². The molecule has 3 nitrogen and oxygen atoms in total. The van der Waals surface area contributed by atoms with Crippen LogP contribution in [0.15, 0.2) is 17.0 Å². The van der Waals surface area contributed by atoms with Crippen molar-refractivity contribution in [3.63, 3.8) is 0 Å². The third-order valence-corrected chi connectivity index (χ3v) is 3.29. The van der Waals surface area contributed by atoms with Crippen LogP contribution in [0.25, 0.3) is 0 Å². The fourth-order valence-electron chi connectivity index (χ4n) is 0.702. The Hall–Kier alpha value is 1.000. The monoisotopic (exact) mass is 284 g/mol. The van der Waals surface area contributed by atoms with Gasteiger partial charge in [-0.1, -0.05) is 34.8 Å². The van der Waals surface area contributed by atoms with Crippen molar-refractivity contribution in [3.8, 4) is 0 Å². The van der Waals surface area contributed by atoms with Gasteiger partial charge in [0.2, 0.25) is 0 Å². The van der Waals surface area contributed by atoms with Crippen LogP contribution in [0, 0.1) is 0 Å². The maximum absolute atomic E-state index is 10.7. The first-order chi connectivity index (χ1) is 5.82. The van der Waals surface area contributed by atoms with Crippen molar-refractivity contribution in [1.82, 2.24) is 0 Å². The molecule has 0 aliphatic rings. The summed E-state index contributed by atoms with van der Waals surface area (Å²) in [7, 11) is -4.35. The average Bonchev–Trinajstić information content (AvgIpc) is 1.94. The summed E-state index contributed by atoms with van der Waals surface area (Å²) in [5.41, 5.74) is 0. The van der Waals surface area contributed by atoms with E-state index in [1.165, 1.54) is 0 Å². The third kappa shape index (κ3) is 3.54. The van der Waals surface area contributed by atoms with Crippen LogP contribution in [-0.2, 0) is 10.1 Å². The Bertz CT molecular complexity index is 446. The standard InChI is InChI=1S/C6H3Cl3O3S.Na.H/c7-3-1-5(9)6(2-4(3)8)13(10,11)12;;/h1-2H,(H,10,11,12);;. The van der Waals surface area contributed by atoms with Gasteiger partial charge in [0.05, 0.1) is 15.1 Å². The SMILES string of the molecule is O=S(=O)(O)c1cc(Cl)c(Cl)cc1Cl.[NaH]. The van der Waals surface area contributed by atoms with E-state index in [2.05, 4.69) is 0 Å². The third-order valence-electron chi connectivity index (χ3n) is 1.25. The predicted molar refractivity (Wildman–Crippen MR) is 58.4 cm³/mol. The molecule has 0 radical (unpaired) electrons. The molecule has 0 saturated heterocycles. The van der Waals surface area contributed by atoms with Crippen molar-refractivity contribution in [2.24, 2.45) is 0 Å². The van der Waals surface area contributed by atoms with Crippen molar-refractivity contribution in [3.05, 3.63) is 27.2 Å². The molecule has 1 N–H and O–H groups in total. The zero-order valence-corrected chi connectivity index (χ0v) is 9.04. The molecule has 0 spiro atoms. The van der Waals surface area contributed by atoms with Crippen LogP contribution in [0.3, 0.4) is 0 Å². The summed E-state index contributed by atoms with van der Waals surface area (Å²) >= 11 is 16.6. The van der Waals surface area contributed by atoms with E-state index in [1.54, 1.807) is 0 Å². The number of hydrogen-bond acceptors (Lipinski definition) is 2. The zero-order valence-electron chi connectivity index (χ0n) is 5.96. The van der Waals surface area contributed by atoms with E-state index in [0.29, 0.717) is 0 Å². The molecular formula is C6H4Cl3NaO3S. The second-order valence-corrected chi connectivity index (χ2v) is 4.78. The Morgan fingerprint density at radius 3 is 1.86 bits per heavy atom. The van der Waals surface area contributed by atoms with E-state index in [0.717, 1.165) is 12.1 Å². The first kappa shape index (κ1) is 15.0. The van der Waals surface area contributed by atoms with Crippen LogP contribution in [-0.4, -0.2) is 42.5 Å². The molecule has 0 aliphatic carbocycles. The van der Waals surface area contributed by atoms with Gasteiger partial charge in [-0.05, 0) is 12.1 Å². The molecule has 0 amide bonds. The average molecular weight is 286 g/mol. The van der Waals surface area contributed by atoms with Crippen LogP contribution < -0.4 is 0 Å². The summed E-state index contributed by atoms with van der Waals surface area (Å²) in [6.45, 7) is 0. The van der Waals surface area contributed by atoms with E-state index in [4.69, 9.17) is 39.4 Å². The molecule has 0 heterocycles. The van der Waals surface area contributed by atoms with E-state index in [1.807, 2.05) is 0 Å². The van der Waals surface area contributed by atoms with Gasteiger partial charge < -0.3 is 0 Å². The molecule has 0 aromatic heterocycles. The van der Waals surface area contributed by atoms with Crippen LogP contribution in [0.1, 0.15) is 0 Å². The number of halogens is 3. The Labute approximate surface area is 118 Å². The van der Waals surface area contributed by atoms with Crippen molar-refractivity contribution in [1.29, 1.82) is 0 Å². The van der Waals surface area contributed by atoms with Gasteiger partial charge in [0, 0.05) is 0 Å². The van der Waals surface area contributed by atoms with Crippen LogP contribution in [0.4, 0.5) is 0 Å². The van der Waals surface area contributed by atoms with Crippen molar-refractivity contribution >= 4 is 74.5 Å². The van der Waals surface area contributed by atoms with Gasteiger partial charge in [0.1, 0.15) is 4.90 Å². The Balaban J connectivity index is 0.00000169. The molecule has 0 fully saturated rings. The Morgan fingerprint density at radius 1 is 1.00 bits per heavy atom. The van der Waals surface area contributed by atoms with Gasteiger partial charge in [-0.3, -0.25) is 4.55 Å². The van der Waals surface area contributed by atoms with Crippen LogP contribution in [0.2, 0.25) is 15.1 Å². The summed E-state index contributed by atoms with van der Waals surface area (Å²) in [6.07, 6.45) is 0. The number of rotatable bonds is 1. The molecule has 74 valence electrons. The van der Waals surface area contributed by atoms with Crippen molar-refractivity contribution < 1.29 is 13.0 Å². The molecule has 0 unspecified atom stereocenters. The maximum atomic E-state index is 10.7. The molecule has 0 aliphatic heterocycles.